The van der Waals surface area contributed by atoms with Crippen molar-refractivity contribution in [2.45, 2.75) is 25.7 Å². The Bertz CT molecular complexity index is 800. The van der Waals surface area contributed by atoms with Crippen LogP contribution < -0.4 is 0 Å². The van der Waals surface area contributed by atoms with Crippen LogP contribution in [0.3, 0.4) is 0 Å². The van der Waals surface area contributed by atoms with Gasteiger partial charge in [-0.2, -0.15) is 4.31 Å². The van der Waals surface area contributed by atoms with Gasteiger partial charge in [0.15, 0.2) is 12.4 Å². The molecule has 1 aromatic rings. The lowest BCUT2D eigenvalue weighted by molar-refractivity contribution is -0.145. The van der Waals surface area contributed by atoms with Gasteiger partial charge in [-0.3, -0.25) is 4.79 Å². The highest BCUT2D eigenvalue weighted by atomic mass is 32.2. The van der Waals surface area contributed by atoms with Gasteiger partial charge in [-0.1, -0.05) is 32.9 Å². The van der Waals surface area contributed by atoms with Crippen LogP contribution >= 0.6 is 0 Å². The van der Waals surface area contributed by atoms with Crippen molar-refractivity contribution in [1.29, 1.82) is 0 Å². The van der Waals surface area contributed by atoms with E-state index in [-0.39, 0.29) is 17.3 Å². The zero-order valence-electron chi connectivity index (χ0n) is 15.8. The topological polar surface area (TPSA) is 90.0 Å². The Hall–Kier alpha value is -2.03. The van der Waals surface area contributed by atoms with E-state index in [1.165, 1.54) is 28.6 Å². The van der Waals surface area contributed by atoms with E-state index in [4.69, 9.17) is 9.47 Å². The summed E-state index contributed by atoms with van der Waals surface area (Å²) in [5.41, 5.74) is 0.0845. The standard InChI is InChI=1S/C19H25NO6S/c1-19(2,3)17(21)14-26-18(22)9-6-15-4-7-16(8-5-15)27(23,24)20-10-12-25-13-11-20/h4-9H,10-14H2,1-3H3/b9-6+. The van der Waals surface area contributed by atoms with Crippen molar-refractivity contribution < 1.29 is 27.5 Å². The highest BCUT2D eigenvalue weighted by Gasteiger charge is 2.26. The number of esters is 1. The van der Waals surface area contributed by atoms with Gasteiger partial charge in [-0.05, 0) is 23.8 Å². The summed E-state index contributed by atoms with van der Waals surface area (Å²) in [5, 5.41) is 0. The maximum absolute atomic E-state index is 12.5. The molecule has 1 fully saturated rings. The number of carbonyl (C=O) groups is 2. The first kappa shape index (κ1) is 21.3. The summed E-state index contributed by atoms with van der Waals surface area (Å²) in [6.07, 6.45) is 2.72. The first-order chi connectivity index (χ1) is 12.6. The van der Waals surface area contributed by atoms with E-state index in [0.29, 0.717) is 31.9 Å². The smallest absolute Gasteiger partial charge is 0.331 e. The van der Waals surface area contributed by atoms with Gasteiger partial charge in [0.25, 0.3) is 0 Å². The summed E-state index contributed by atoms with van der Waals surface area (Å²) in [7, 11) is -3.54. The van der Waals surface area contributed by atoms with Gasteiger partial charge in [0.05, 0.1) is 18.1 Å². The van der Waals surface area contributed by atoms with E-state index >= 15 is 0 Å². The van der Waals surface area contributed by atoms with Crippen LogP contribution in [0.2, 0.25) is 0 Å². The Kier molecular flexibility index (Phi) is 6.91. The van der Waals surface area contributed by atoms with Crippen LogP contribution in [-0.4, -0.2) is 57.4 Å². The molecule has 0 amide bonds. The van der Waals surface area contributed by atoms with E-state index in [1.807, 2.05) is 0 Å². The number of Topliss-reactive ketones (excluding diaryl/α,β-unsaturated/α-hetero) is 1. The number of benzene rings is 1. The summed E-state index contributed by atoms with van der Waals surface area (Å²) >= 11 is 0. The third-order valence-electron chi connectivity index (χ3n) is 4.08. The lowest BCUT2D eigenvalue weighted by atomic mass is 9.91. The van der Waals surface area contributed by atoms with Crippen LogP contribution in [0, 0.1) is 5.41 Å². The van der Waals surface area contributed by atoms with Crippen LogP contribution in [0.4, 0.5) is 0 Å². The molecule has 0 atom stereocenters. The quantitative estimate of drug-likeness (QED) is 0.540. The van der Waals surface area contributed by atoms with Crippen molar-refractivity contribution in [3.05, 3.63) is 35.9 Å². The highest BCUT2D eigenvalue weighted by Crippen LogP contribution is 2.18. The molecule has 1 aliphatic rings. The molecular formula is C19H25NO6S. The number of carbonyl (C=O) groups excluding carboxylic acids is 2. The fraction of sp³-hybridized carbons (Fsp3) is 0.474. The molecule has 1 heterocycles. The third-order valence-corrected chi connectivity index (χ3v) is 5.99. The van der Waals surface area contributed by atoms with E-state index in [1.54, 1.807) is 32.9 Å². The SMILES string of the molecule is CC(C)(C)C(=O)COC(=O)/C=C/c1ccc(S(=O)(=O)N2CCOCC2)cc1. The van der Waals surface area contributed by atoms with Crippen molar-refractivity contribution in [1.82, 2.24) is 4.31 Å². The third kappa shape index (κ3) is 5.98. The summed E-state index contributed by atoms with van der Waals surface area (Å²) in [5.74, 6) is -0.792. The van der Waals surface area contributed by atoms with Crippen molar-refractivity contribution in [2.75, 3.05) is 32.9 Å². The van der Waals surface area contributed by atoms with Gasteiger partial charge in [0.1, 0.15) is 0 Å². The Morgan fingerprint density at radius 3 is 2.30 bits per heavy atom. The Morgan fingerprint density at radius 2 is 1.74 bits per heavy atom. The molecular weight excluding hydrogens is 370 g/mol. The molecule has 0 saturated carbocycles. The van der Waals surface area contributed by atoms with Crippen LogP contribution in [0.5, 0.6) is 0 Å². The Labute approximate surface area is 160 Å². The van der Waals surface area contributed by atoms with Crippen molar-refractivity contribution in [3.8, 4) is 0 Å². The van der Waals surface area contributed by atoms with E-state index in [2.05, 4.69) is 0 Å². The molecule has 0 unspecified atom stereocenters. The molecule has 27 heavy (non-hydrogen) atoms. The molecule has 0 aliphatic carbocycles. The van der Waals surface area contributed by atoms with Crippen molar-refractivity contribution in [3.63, 3.8) is 0 Å². The minimum absolute atomic E-state index is 0.165. The van der Waals surface area contributed by atoms with Crippen LogP contribution in [0.1, 0.15) is 26.3 Å². The fourth-order valence-corrected chi connectivity index (χ4v) is 3.66. The van der Waals surface area contributed by atoms with Crippen molar-refractivity contribution >= 4 is 27.9 Å². The second-order valence-electron chi connectivity index (χ2n) is 7.20. The molecule has 1 aromatic carbocycles. The normalized spacial score (nSPS) is 16.4. The zero-order valence-corrected chi connectivity index (χ0v) is 16.6. The first-order valence-electron chi connectivity index (χ1n) is 8.67. The average molecular weight is 395 g/mol. The number of hydrogen-bond donors (Lipinski definition) is 0. The number of sulfonamides is 1. The zero-order chi connectivity index (χ0) is 20.1. The number of ketones is 1. The number of hydrogen-bond acceptors (Lipinski definition) is 6. The molecule has 0 aromatic heterocycles. The van der Waals surface area contributed by atoms with Crippen molar-refractivity contribution in [2.24, 2.45) is 5.41 Å². The number of morpholine rings is 1. The molecule has 0 N–H and O–H groups in total. The predicted octanol–water partition coefficient (Wildman–Crippen LogP) is 1.88. The molecule has 1 aliphatic heterocycles. The molecule has 0 bridgehead atoms. The highest BCUT2D eigenvalue weighted by molar-refractivity contribution is 7.89. The largest absolute Gasteiger partial charge is 0.455 e. The molecule has 7 nitrogen and oxygen atoms in total. The first-order valence-corrected chi connectivity index (χ1v) is 10.1. The lowest BCUT2D eigenvalue weighted by Gasteiger charge is -2.26. The maximum Gasteiger partial charge on any atom is 0.331 e. The Balaban J connectivity index is 1.96. The maximum atomic E-state index is 12.5. The van der Waals surface area contributed by atoms with Gasteiger partial charge in [-0.15, -0.1) is 0 Å². The van der Waals surface area contributed by atoms with Crippen LogP contribution in [-0.2, 0) is 29.1 Å². The van der Waals surface area contributed by atoms with E-state index in [0.717, 1.165) is 0 Å². The molecule has 2 rings (SSSR count). The summed E-state index contributed by atoms with van der Waals surface area (Å²) in [6, 6.07) is 6.21. The second kappa shape index (κ2) is 8.77. The number of nitrogens with zero attached hydrogens (tertiary/aromatic N) is 1. The molecule has 148 valence electrons. The average Bonchev–Trinajstić information content (AvgIpc) is 2.64. The van der Waals surface area contributed by atoms with Gasteiger partial charge in [-0.25, -0.2) is 13.2 Å². The summed E-state index contributed by atoms with van der Waals surface area (Å²) < 4.78 is 36.6. The monoisotopic (exact) mass is 395 g/mol. The molecule has 0 radical (unpaired) electrons. The van der Waals surface area contributed by atoms with Gasteiger partial charge >= 0.3 is 5.97 Å². The molecule has 1 saturated heterocycles. The van der Waals surface area contributed by atoms with Crippen LogP contribution in [0.15, 0.2) is 35.2 Å². The van der Waals surface area contributed by atoms with Gasteiger partial charge in [0, 0.05) is 24.6 Å². The van der Waals surface area contributed by atoms with Gasteiger partial charge in [0.2, 0.25) is 10.0 Å². The van der Waals surface area contributed by atoms with Crippen LogP contribution in [0.25, 0.3) is 6.08 Å². The van der Waals surface area contributed by atoms with Gasteiger partial charge < -0.3 is 9.47 Å². The second-order valence-corrected chi connectivity index (χ2v) is 9.14. The summed E-state index contributed by atoms with van der Waals surface area (Å²) in [4.78, 5) is 23.6. The number of ether oxygens (including phenoxy) is 2. The predicted molar refractivity (Wildman–Crippen MR) is 100 cm³/mol. The van der Waals surface area contributed by atoms with E-state index < -0.39 is 21.4 Å². The minimum atomic E-state index is -3.54. The molecule has 8 heteroatoms. The summed E-state index contributed by atoms with van der Waals surface area (Å²) in [6.45, 7) is 6.44. The Morgan fingerprint density at radius 1 is 1.15 bits per heavy atom. The molecule has 0 spiro atoms. The number of rotatable bonds is 6. The van der Waals surface area contributed by atoms with E-state index in [9.17, 15) is 18.0 Å². The lowest BCUT2D eigenvalue weighted by Crippen LogP contribution is -2.40. The fourth-order valence-electron chi connectivity index (χ4n) is 2.25. The minimum Gasteiger partial charge on any atom is -0.455 e.